The molecule has 0 aliphatic carbocycles. The van der Waals surface area contributed by atoms with Gasteiger partial charge in [-0.3, -0.25) is 4.79 Å². The summed E-state index contributed by atoms with van der Waals surface area (Å²) in [5, 5.41) is 2.85. The molecule has 0 aromatic heterocycles. The van der Waals surface area contributed by atoms with E-state index >= 15 is 0 Å². The lowest BCUT2D eigenvalue weighted by atomic mass is 10.1. The summed E-state index contributed by atoms with van der Waals surface area (Å²) >= 11 is 0. The van der Waals surface area contributed by atoms with Gasteiger partial charge in [0.25, 0.3) is 5.91 Å². The summed E-state index contributed by atoms with van der Waals surface area (Å²) < 4.78 is 32.9. The van der Waals surface area contributed by atoms with E-state index in [9.17, 15) is 13.2 Å². The Labute approximate surface area is 188 Å². The van der Waals surface area contributed by atoms with Crippen molar-refractivity contribution in [3.05, 3.63) is 90.0 Å². The molecule has 0 unspecified atom stereocenters. The normalized spacial score (nSPS) is 14.6. The lowest BCUT2D eigenvalue weighted by Crippen LogP contribution is -2.35. The van der Waals surface area contributed by atoms with Crippen LogP contribution in [-0.4, -0.2) is 31.7 Å². The van der Waals surface area contributed by atoms with E-state index in [2.05, 4.69) is 5.32 Å². The molecular formula is C25H26N2O4S. The van der Waals surface area contributed by atoms with Gasteiger partial charge < -0.3 is 10.1 Å². The standard InChI is InChI=1S/C25H26N2O4S/c28-25(24-12-6-5-9-20(24)19-31-22-10-3-1-4-11-22)26-21-13-15-23(16-14-21)32(29,30)27-17-7-2-8-18-27/h1,3-6,9-16H,2,7-8,17-19H2,(H,26,28). The van der Waals surface area contributed by atoms with Crippen LogP contribution < -0.4 is 10.1 Å². The molecule has 0 saturated carbocycles. The summed E-state index contributed by atoms with van der Waals surface area (Å²) in [5.41, 5.74) is 1.80. The second-order valence-corrected chi connectivity index (χ2v) is 9.64. The Morgan fingerprint density at radius 2 is 1.50 bits per heavy atom. The molecule has 1 aliphatic rings. The summed E-state index contributed by atoms with van der Waals surface area (Å²) in [7, 11) is -3.50. The molecule has 1 heterocycles. The molecule has 0 spiro atoms. The van der Waals surface area contributed by atoms with Gasteiger partial charge in [-0.1, -0.05) is 42.8 Å². The maximum absolute atomic E-state index is 12.9. The number of benzene rings is 3. The number of carbonyl (C=O) groups is 1. The lowest BCUT2D eigenvalue weighted by Gasteiger charge is -2.25. The van der Waals surface area contributed by atoms with Gasteiger partial charge in [0.05, 0.1) is 4.90 Å². The van der Waals surface area contributed by atoms with Crippen molar-refractivity contribution in [2.75, 3.05) is 18.4 Å². The van der Waals surface area contributed by atoms with Crippen LogP contribution in [0.15, 0.2) is 83.8 Å². The molecule has 0 radical (unpaired) electrons. The molecule has 0 atom stereocenters. The number of hydrogen-bond donors (Lipinski definition) is 1. The molecule has 0 bridgehead atoms. The first-order chi connectivity index (χ1) is 15.5. The van der Waals surface area contributed by atoms with Crippen molar-refractivity contribution in [3.63, 3.8) is 0 Å². The minimum absolute atomic E-state index is 0.245. The molecule has 6 nitrogen and oxygen atoms in total. The van der Waals surface area contributed by atoms with E-state index in [1.165, 1.54) is 4.31 Å². The second-order valence-electron chi connectivity index (χ2n) is 7.70. The highest BCUT2D eigenvalue weighted by Crippen LogP contribution is 2.23. The number of anilines is 1. The Balaban J connectivity index is 1.44. The number of ether oxygens (including phenoxy) is 1. The van der Waals surface area contributed by atoms with Crippen molar-refractivity contribution in [1.82, 2.24) is 4.31 Å². The van der Waals surface area contributed by atoms with Crippen molar-refractivity contribution < 1.29 is 17.9 Å². The van der Waals surface area contributed by atoms with Crippen LogP contribution in [0.4, 0.5) is 5.69 Å². The van der Waals surface area contributed by atoms with E-state index in [1.54, 1.807) is 36.4 Å². The number of nitrogens with zero attached hydrogens (tertiary/aromatic N) is 1. The predicted octanol–water partition coefficient (Wildman–Crippen LogP) is 4.69. The maximum Gasteiger partial charge on any atom is 0.256 e. The summed E-state index contributed by atoms with van der Waals surface area (Å²) in [4.78, 5) is 13.1. The van der Waals surface area contributed by atoms with Crippen LogP contribution in [-0.2, 0) is 16.6 Å². The number of rotatable bonds is 7. The fourth-order valence-electron chi connectivity index (χ4n) is 3.71. The van der Waals surface area contributed by atoms with Crippen molar-refractivity contribution in [2.24, 2.45) is 0 Å². The minimum Gasteiger partial charge on any atom is -0.489 e. The van der Waals surface area contributed by atoms with Crippen LogP contribution in [0.2, 0.25) is 0 Å². The van der Waals surface area contributed by atoms with Gasteiger partial charge in [0.2, 0.25) is 10.0 Å². The van der Waals surface area contributed by atoms with Crippen LogP contribution in [0, 0.1) is 0 Å². The summed E-state index contributed by atoms with van der Waals surface area (Å²) in [6.07, 6.45) is 2.84. The first kappa shape index (κ1) is 22.0. The Bertz CT molecular complexity index is 1160. The highest BCUT2D eigenvalue weighted by atomic mass is 32.2. The van der Waals surface area contributed by atoms with Crippen molar-refractivity contribution in [2.45, 2.75) is 30.8 Å². The zero-order valence-corrected chi connectivity index (χ0v) is 18.6. The van der Waals surface area contributed by atoms with Gasteiger partial charge in [0, 0.05) is 29.9 Å². The highest BCUT2D eigenvalue weighted by molar-refractivity contribution is 7.89. The lowest BCUT2D eigenvalue weighted by molar-refractivity contribution is 0.102. The van der Waals surface area contributed by atoms with Crippen molar-refractivity contribution in [1.29, 1.82) is 0 Å². The number of para-hydroxylation sites is 1. The van der Waals surface area contributed by atoms with E-state index in [0.717, 1.165) is 30.6 Å². The van der Waals surface area contributed by atoms with E-state index in [4.69, 9.17) is 4.74 Å². The Hall–Kier alpha value is -3.16. The fraction of sp³-hybridized carbons (Fsp3) is 0.240. The molecule has 1 amide bonds. The molecule has 1 N–H and O–H groups in total. The van der Waals surface area contributed by atoms with E-state index in [0.29, 0.717) is 24.3 Å². The summed E-state index contributed by atoms with van der Waals surface area (Å²) in [6.45, 7) is 1.38. The molecule has 1 aliphatic heterocycles. The minimum atomic E-state index is -3.50. The van der Waals surface area contributed by atoms with Gasteiger partial charge in [-0.05, 0) is 55.3 Å². The topological polar surface area (TPSA) is 75.7 Å². The molecule has 4 rings (SSSR count). The van der Waals surface area contributed by atoms with Crippen LogP contribution in [0.3, 0.4) is 0 Å². The van der Waals surface area contributed by atoms with Gasteiger partial charge in [-0.25, -0.2) is 8.42 Å². The van der Waals surface area contributed by atoms with Gasteiger partial charge >= 0.3 is 0 Å². The number of amides is 1. The molecule has 1 fully saturated rings. The van der Waals surface area contributed by atoms with Crippen molar-refractivity contribution >= 4 is 21.6 Å². The summed E-state index contributed by atoms with van der Waals surface area (Å²) in [6, 6.07) is 23.0. The molecule has 1 saturated heterocycles. The summed E-state index contributed by atoms with van der Waals surface area (Å²) in [5.74, 6) is 0.456. The molecule has 3 aromatic carbocycles. The Morgan fingerprint density at radius 3 is 2.22 bits per heavy atom. The third kappa shape index (κ3) is 5.18. The molecule has 7 heteroatoms. The van der Waals surface area contributed by atoms with Gasteiger partial charge in [-0.15, -0.1) is 0 Å². The fourth-order valence-corrected chi connectivity index (χ4v) is 5.23. The third-order valence-corrected chi connectivity index (χ3v) is 7.38. The van der Waals surface area contributed by atoms with Gasteiger partial charge in [-0.2, -0.15) is 4.31 Å². The number of nitrogens with one attached hydrogen (secondary N) is 1. The van der Waals surface area contributed by atoms with Gasteiger partial charge in [0.15, 0.2) is 0 Å². The highest BCUT2D eigenvalue weighted by Gasteiger charge is 2.25. The molecular weight excluding hydrogens is 424 g/mol. The number of piperidine rings is 1. The quantitative estimate of drug-likeness (QED) is 0.567. The number of carbonyl (C=O) groups excluding carboxylic acids is 1. The largest absolute Gasteiger partial charge is 0.489 e. The third-order valence-electron chi connectivity index (χ3n) is 5.46. The average Bonchev–Trinajstić information content (AvgIpc) is 2.84. The van der Waals surface area contributed by atoms with Crippen LogP contribution >= 0.6 is 0 Å². The Kier molecular flexibility index (Phi) is 6.87. The van der Waals surface area contributed by atoms with Crippen LogP contribution in [0.25, 0.3) is 0 Å². The zero-order valence-electron chi connectivity index (χ0n) is 17.7. The Morgan fingerprint density at radius 1 is 0.844 bits per heavy atom. The van der Waals surface area contributed by atoms with E-state index in [-0.39, 0.29) is 17.4 Å². The number of hydrogen-bond acceptors (Lipinski definition) is 4. The predicted molar refractivity (Wildman–Crippen MR) is 124 cm³/mol. The second kappa shape index (κ2) is 9.97. The first-order valence-electron chi connectivity index (χ1n) is 10.7. The maximum atomic E-state index is 12.9. The van der Waals surface area contributed by atoms with Gasteiger partial charge in [0.1, 0.15) is 12.4 Å². The molecule has 166 valence electrons. The monoisotopic (exact) mass is 450 g/mol. The smallest absolute Gasteiger partial charge is 0.256 e. The van der Waals surface area contributed by atoms with Crippen LogP contribution in [0.1, 0.15) is 35.2 Å². The van der Waals surface area contributed by atoms with E-state index < -0.39 is 10.0 Å². The zero-order chi connectivity index (χ0) is 22.4. The van der Waals surface area contributed by atoms with E-state index in [1.807, 2.05) is 42.5 Å². The number of sulfonamides is 1. The average molecular weight is 451 g/mol. The first-order valence-corrected chi connectivity index (χ1v) is 12.2. The molecule has 32 heavy (non-hydrogen) atoms. The molecule has 3 aromatic rings. The van der Waals surface area contributed by atoms with Crippen LogP contribution in [0.5, 0.6) is 5.75 Å². The van der Waals surface area contributed by atoms with Crippen molar-refractivity contribution in [3.8, 4) is 5.75 Å². The SMILES string of the molecule is O=C(Nc1ccc(S(=O)(=O)N2CCCCC2)cc1)c1ccccc1COc1ccccc1.